The summed E-state index contributed by atoms with van der Waals surface area (Å²) >= 11 is 1.92. The number of carbonyl (C=O) groups is 3. The van der Waals surface area contributed by atoms with Gasteiger partial charge in [-0.25, -0.2) is 4.90 Å². The molecule has 256 valence electrons. The largest absolute Gasteiger partial charge is 0.416 e. The number of thioether (sulfide) groups is 1. The fraction of sp³-hybridized carbons (Fsp3) is 0.243. The van der Waals surface area contributed by atoms with Crippen molar-refractivity contribution in [3.8, 4) is 0 Å². The minimum atomic E-state index is -4.67. The number of hydrogen-bond acceptors (Lipinski definition) is 7. The average Bonchev–Trinajstić information content (AvgIpc) is 3.54. The number of nitrogens with zero attached hydrogens (tertiary/aromatic N) is 3. The number of thiazole rings is 1. The van der Waals surface area contributed by atoms with Crippen molar-refractivity contribution < 1.29 is 27.6 Å². The molecule has 0 aliphatic carbocycles. The zero-order valence-electron chi connectivity index (χ0n) is 26.9. The molecule has 50 heavy (non-hydrogen) atoms. The topological polar surface area (TPSA) is 91.7 Å². The molecule has 0 radical (unpaired) electrons. The lowest BCUT2D eigenvalue weighted by Crippen LogP contribution is -2.33. The van der Waals surface area contributed by atoms with E-state index in [1.54, 1.807) is 6.07 Å². The van der Waals surface area contributed by atoms with Crippen LogP contribution >= 0.6 is 23.1 Å². The number of halogens is 3. The van der Waals surface area contributed by atoms with Crippen molar-refractivity contribution in [3.63, 3.8) is 0 Å². The number of amides is 3. The molecule has 2 unspecified atom stereocenters. The highest BCUT2D eigenvalue weighted by atomic mass is 32.2. The van der Waals surface area contributed by atoms with Crippen molar-refractivity contribution in [3.05, 3.63) is 117 Å². The lowest BCUT2D eigenvalue weighted by molar-refractivity contribution is -0.137. The van der Waals surface area contributed by atoms with Crippen molar-refractivity contribution in [2.45, 2.75) is 42.8 Å². The van der Waals surface area contributed by atoms with Crippen LogP contribution in [-0.4, -0.2) is 40.6 Å². The third kappa shape index (κ3) is 5.98. The lowest BCUT2D eigenvalue weighted by Gasteiger charge is -2.31. The first kappa shape index (κ1) is 33.6. The zero-order valence-corrected chi connectivity index (χ0v) is 28.6. The van der Waals surface area contributed by atoms with E-state index >= 15 is 0 Å². The van der Waals surface area contributed by atoms with Crippen LogP contribution in [0.4, 0.5) is 30.2 Å². The first-order valence-electron chi connectivity index (χ1n) is 16.1. The molecule has 2 aliphatic heterocycles. The maximum atomic E-state index is 14.2. The van der Waals surface area contributed by atoms with Crippen LogP contribution in [0.5, 0.6) is 0 Å². The van der Waals surface area contributed by atoms with Crippen LogP contribution in [0.2, 0.25) is 0 Å². The van der Waals surface area contributed by atoms with Gasteiger partial charge in [0.15, 0.2) is 0 Å². The molecule has 1 aromatic heterocycles. The van der Waals surface area contributed by atoms with Gasteiger partial charge in [0.2, 0.25) is 17.7 Å². The van der Waals surface area contributed by atoms with Crippen LogP contribution in [0.1, 0.15) is 35.8 Å². The second-order valence-corrected chi connectivity index (χ2v) is 14.2. The number of imide groups is 1. The molecule has 1 N–H and O–H groups in total. The van der Waals surface area contributed by atoms with Crippen LogP contribution in [0.25, 0.3) is 10.8 Å². The van der Waals surface area contributed by atoms with Crippen LogP contribution in [0, 0.1) is 5.92 Å². The molecule has 7 rings (SSSR count). The quantitative estimate of drug-likeness (QED) is 0.169. The Morgan fingerprint density at radius 2 is 1.58 bits per heavy atom. The van der Waals surface area contributed by atoms with Gasteiger partial charge in [-0.05, 0) is 72.6 Å². The fourth-order valence-electron chi connectivity index (χ4n) is 6.78. The molecule has 0 bridgehead atoms. The Balaban J connectivity index is 1.27. The molecule has 1 saturated heterocycles. The van der Waals surface area contributed by atoms with Crippen molar-refractivity contribution in [2.75, 3.05) is 28.2 Å². The highest BCUT2D eigenvalue weighted by molar-refractivity contribution is 8.00. The molecule has 0 spiro atoms. The molecule has 3 atom stereocenters. The second-order valence-electron chi connectivity index (χ2n) is 12.1. The van der Waals surface area contributed by atoms with E-state index < -0.39 is 51.4 Å². The monoisotopic (exact) mass is 716 g/mol. The van der Waals surface area contributed by atoms with E-state index in [9.17, 15) is 32.3 Å². The SMILES string of the molecule is CCN(CC)c1ccc([C@H]2c3sc(=O)n(CC(=O)Nc4ccc5ccccc5c4)c3SC3C(=O)N(c4cccc(C(F)(F)F)c4)C(=O)C32)cc1. The number of alkyl halides is 3. The summed E-state index contributed by atoms with van der Waals surface area (Å²) in [5, 5.41) is 4.14. The first-order chi connectivity index (χ1) is 24.0. The molecule has 1 fully saturated rings. The zero-order chi connectivity index (χ0) is 35.3. The number of rotatable bonds is 8. The van der Waals surface area contributed by atoms with Gasteiger partial charge >= 0.3 is 11.0 Å². The number of anilines is 3. The lowest BCUT2D eigenvalue weighted by atomic mass is 9.83. The Morgan fingerprint density at radius 3 is 2.28 bits per heavy atom. The van der Waals surface area contributed by atoms with Gasteiger partial charge in [0, 0.05) is 35.3 Å². The number of aromatic nitrogens is 1. The van der Waals surface area contributed by atoms with E-state index in [0.29, 0.717) is 21.2 Å². The van der Waals surface area contributed by atoms with Gasteiger partial charge in [0.25, 0.3) is 0 Å². The third-order valence-electron chi connectivity index (χ3n) is 9.20. The molecular formula is C37H31F3N4O4S2. The fourth-order valence-corrected chi connectivity index (χ4v) is 9.56. The van der Waals surface area contributed by atoms with Crippen LogP contribution in [0.15, 0.2) is 101 Å². The van der Waals surface area contributed by atoms with E-state index in [0.717, 1.165) is 69.7 Å². The van der Waals surface area contributed by atoms with Crippen molar-refractivity contribution in [1.29, 1.82) is 0 Å². The molecule has 8 nitrogen and oxygen atoms in total. The Kier molecular flexibility index (Phi) is 8.81. The van der Waals surface area contributed by atoms with Gasteiger partial charge in [-0.15, -0.1) is 0 Å². The molecule has 2 aliphatic rings. The Hall–Kier alpha value is -4.88. The first-order valence-corrected chi connectivity index (χ1v) is 17.8. The van der Waals surface area contributed by atoms with Crippen molar-refractivity contribution >= 4 is 68.7 Å². The Bertz CT molecular complexity index is 2190. The van der Waals surface area contributed by atoms with Crippen molar-refractivity contribution in [1.82, 2.24) is 4.57 Å². The minimum Gasteiger partial charge on any atom is -0.372 e. The number of nitrogens with one attached hydrogen (secondary N) is 1. The highest BCUT2D eigenvalue weighted by Gasteiger charge is 2.57. The van der Waals surface area contributed by atoms with Crippen LogP contribution in [0.3, 0.4) is 0 Å². The summed E-state index contributed by atoms with van der Waals surface area (Å²) in [6.07, 6.45) is -4.67. The summed E-state index contributed by atoms with van der Waals surface area (Å²) in [4.78, 5) is 58.2. The summed E-state index contributed by atoms with van der Waals surface area (Å²) in [5.74, 6) is -3.52. The van der Waals surface area contributed by atoms with Crippen molar-refractivity contribution in [2.24, 2.45) is 5.92 Å². The number of carbonyl (C=O) groups excluding carboxylic acids is 3. The number of benzene rings is 4. The maximum absolute atomic E-state index is 14.2. The maximum Gasteiger partial charge on any atom is 0.416 e. The average molecular weight is 717 g/mol. The molecule has 4 aromatic carbocycles. The van der Waals surface area contributed by atoms with Gasteiger partial charge in [-0.1, -0.05) is 71.6 Å². The van der Waals surface area contributed by atoms with E-state index in [-0.39, 0.29) is 12.2 Å². The van der Waals surface area contributed by atoms with E-state index in [1.165, 1.54) is 16.7 Å². The molecule has 5 aromatic rings. The van der Waals surface area contributed by atoms with Gasteiger partial charge in [0.05, 0.1) is 22.2 Å². The van der Waals surface area contributed by atoms with E-state index in [4.69, 9.17) is 0 Å². The van der Waals surface area contributed by atoms with Gasteiger partial charge < -0.3 is 10.2 Å². The summed E-state index contributed by atoms with van der Waals surface area (Å²) in [7, 11) is 0. The van der Waals surface area contributed by atoms with Gasteiger partial charge in [-0.3, -0.25) is 23.7 Å². The summed E-state index contributed by atoms with van der Waals surface area (Å²) in [6, 6.07) is 24.9. The van der Waals surface area contributed by atoms with Crippen LogP contribution in [-0.2, 0) is 27.1 Å². The van der Waals surface area contributed by atoms with Crippen LogP contribution < -0.4 is 20.0 Å². The smallest absolute Gasteiger partial charge is 0.372 e. The van der Waals surface area contributed by atoms with Gasteiger partial charge in [0.1, 0.15) is 11.8 Å². The number of hydrogen-bond donors (Lipinski definition) is 1. The number of fused-ring (bicyclic) bond motifs is 3. The molecule has 3 heterocycles. The third-order valence-corrected chi connectivity index (χ3v) is 11.8. The summed E-state index contributed by atoms with van der Waals surface area (Å²) in [5.41, 5.74) is 1.04. The molecule has 3 amide bonds. The minimum absolute atomic E-state index is 0.170. The standard InChI is InChI=1S/C37H31F3N4O4S2/c1-3-42(4-2)26-16-13-22(14-17-26)29-30-31(34(47)44(33(30)46)27-11-7-10-24(19-27)37(38,39)40)49-35-32(29)50-36(48)43(35)20-28(45)41-25-15-12-21-8-5-6-9-23(21)18-25/h5-19,29-31H,3-4,20H2,1-2H3,(H,41,45)/t29-,30?,31?/m1/s1. The predicted octanol–water partition coefficient (Wildman–Crippen LogP) is 7.36. The Labute approximate surface area is 293 Å². The highest BCUT2D eigenvalue weighted by Crippen LogP contribution is 2.54. The molecule has 0 saturated carbocycles. The predicted molar refractivity (Wildman–Crippen MR) is 190 cm³/mol. The second kappa shape index (κ2) is 13.1. The molecular weight excluding hydrogens is 686 g/mol. The van der Waals surface area contributed by atoms with E-state index in [2.05, 4.69) is 10.2 Å². The summed E-state index contributed by atoms with van der Waals surface area (Å²) < 4.78 is 42.2. The normalized spacial score (nSPS) is 18.7. The summed E-state index contributed by atoms with van der Waals surface area (Å²) in [6.45, 7) is 5.28. The van der Waals surface area contributed by atoms with Gasteiger partial charge in [-0.2, -0.15) is 13.2 Å². The van der Waals surface area contributed by atoms with E-state index in [1.807, 2.05) is 74.5 Å². The molecule has 13 heteroatoms. The Morgan fingerprint density at radius 1 is 0.860 bits per heavy atom.